The van der Waals surface area contributed by atoms with Crippen LogP contribution in [-0.4, -0.2) is 22.2 Å². The molecule has 3 aromatic rings. The summed E-state index contributed by atoms with van der Waals surface area (Å²) in [6.07, 6.45) is 2.72. The molecule has 26 heavy (non-hydrogen) atoms. The van der Waals surface area contributed by atoms with Gasteiger partial charge in [0.05, 0.1) is 12.1 Å². The van der Waals surface area contributed by atoms with Gasteiger partial charge in [-0.25, -0.2) is 4.79 Å². The van der Waals surface area contributed by atoms with Gasteiger partial charge in [-0.05, 0) is 47.9 Å². The number of urea groups is 1. The van der Waals surface area contributed by atoms with Gasteiger partial charge in [-0.1, -0.05) is 42.5 Å². The number of carbonyl (C=O) groups is 1. The minimum Gasteiger partial charge on any atom is -0.386 e. The van der Waals surface area contributed by atoms with Gasteiger partial charge in [0.2, 0.25) is 0 Å². The molecule has 0 aliphatic heterocycles. The van der Waals surface area contributed by atoms with Crippen LogP contribution in [0.1, 0.15) is 18.6 Å². The second-order valence-electron chi connectivity index (χ2n) is 6.06. The molecular weight excluding hydrogens is 326 g/mol. The molecule has 2 amide bonds. The standard InChI is InChI=1S/C21H21N3O2/c1-15(20(25)18-5-3-2-4-6-18)23-21(26)24-19-9-7-16(8-10-19)17-11-13-22-14-12-17/h2-15,20,25H,1H3,(H2,23,24,26). The highest BCUT2D eigenvalue weighted by atomic mass is 16.3. The summed E-state index contributed by atoms with van der Waals surface area (Å²) in [6.45, 7) is 1.77. The number of nitrogens with zero attached hydrogens (tertiary/aromatic N) is 1. The SMILES string of the molecule is CC(NC(=O)Nc1ccc(-c2ccncc2)cc1)C(O)c1ccccc1. The fraction of sp³-hybridized carbons (Fsp3) is 0.143. The Balaban J connectivity index is 1.58. The van der Waals surface area contributed by atoms with E-state index in [4.69, 9.17) is 0 Å². The van der Waals surface area contributed by atoms with Crippen LogP contribution in [0.25, 0.3) is 11.1 Å². The normalized spacial score (nSPS) is 12.8. The maximum Gasteiger partial charge on any atom is 0.319 e. The molecule has 2 aromatic carbocycles. The molecule has 3 rings (SSSR count). The van der Waals surface area contributed by atoms with Crippen LogP contribution in [0.4, 0.5) is 10.5 Å². The van der Waals surface area contributed by atoms with Gasteiger partial charge in [0.1, 0.15) is 0 Å². The molecule has 0 fully saturated rings. The third-order valence-corrected chi connectivity index (χ3v) is 4.13. The predicted molar refractivity (Wildman–Crippen MR) is 103 cm³/mol. The van der Waals surface area contributed by atoms with E-state index in [0.29, 0.717) is 5.69 Å². The Kier molecular flexibility index (Phi) is 5.61. The average molecular weight is 347 g/mol. The molecule has 0 spiro atoms. The zero-order valence-corrected chi connectivity index (χ0v) is 14.5. The Bertz CT molecular complexity index is 836. The number of amides is 2. The lowest BCUT2D eigenvalue weighted by atomic mass is 10.0. The summed E-state index contributed by atoms with van der Waals surface area (Å²) in [4.78, 5) is 16.2. The van der Waals surface area contributed by atoms with Crippen molar-refractivity contribution in [3.8, 4) is 11.1 Å². The van der Waals surface area contributed by atoms with E-state index in [9.17, 15) is 9.90 Å². The molecule has 2 atom stereocenters. The Labute approximate surface area is 152 Å². The van der Waals surface area contributed by atoms with Crippen molar-refractivity contribution in [1.82, 2.24) is 10.3 Å². The number of hydrogen-bond acceptors (Lipinski definition) is 3. The van der Waals surface area contributed by atoms with Crippen LogP contribution >= 0.6 is 0 Å². The molecule has 0 aliphatic rings. The molecule has 0 saturated carbocycles. The molecule has 5 nitrogen and oxygen atoms in total. The number of pyridine rings is 1. The first kappa shape index (κ1) is 17.6. The topological polar surface area (TPSA) is 74.2 Å². The largest absolute Gasteiger partial charge is 0.386 e. The first-order chi connectivity index (χ1) is 12.6. The summed E-state index contributed by atoms with van der Waals surface area (Å²) in [7, 11) is 0. The maximum atomic E-state index is 12.2. The van der Waals surface area contributed by atoms with Crippen LogP contribution in [-0.2, 0) is 0 Å². The minimum atomic E-state index is -0.768. The predicted octanol–water partition coefficient (Wildman–Crippen LogP) is 3.99. The third-order valence-electron chi connectivity index (χ3n) is 4.13. The van der Waals surface area contributed by atoms with Crippen molar-refractivity contribution >= 4 is 11.7 Å². The number of aliphatic hydroxyl groups is 1. The van der Waals surface area contributed by atoms with E-state index in [0.717, 1.165) is 16.7 Å². The number of aromatic nitrogens is 1. The van der Waals surface area contributed by atoms with Gasteiger partial charge in [0, 0.05) is 18.1 Å². The van der Waals surface area contributed by atoms with E-state index < -0.39 is 12.1 Å². The summed E-state index contributed by atoms with van der Waals surface area (Å²) in [5.41, 5.74) is 3.56. The van der Waals surface area contributed by atoms with E-state index >= 15 is 0 Å². The molecule has 0 saturated heterocycles. The van der Waals surface area contributed by atoms with Crippen LogP contribution in [0.3, 0.4) is 0 Å². The fourth-order valence-electron chi connectivity index (χ4n) is 2.68. The summed E-state index contributed by atoms with van der Waals surface area (Å²) in [5.74, 6) is 0. The highest BCUT2D eigenvalue weighted by Gasteiger charge is 2.18. The van der Waals surface area contributed by atoms with Crippen molar-refractivity contribution in [2.75, 3.05) is 5.32 Å². The zero-order valence-electron chi connectivity index (χ0n) is 14.5. The first-order valence-electron chi connectivity index (χ1n) is 8.44. The Morgan fingerprint density at radius 2 is 1.54 bits per heavy atom. The number of carbonyl (C=O) groups excluding carboxylic acids is 1. The smallest absolute Gasteiger partial charge is 0.319 e. The van der Waals surface area contributed by atoms with E-state index in [2.05, 4.69) is 15.6 Å². The molecule has 2 unspecified atom stereocenters. The van der Waals surface area contributed by atoms with E-state index in [1.54, 1.807) is 19.3 Å². The lowest BCUT2D eigenvalue weighted by Crippen LogP contribution is -2.39. The van der Waals surface area contributed by atoms with E-state index in [-0.39, 0.29) is 6.03 Å². The Morgan fingerprint density at radius 1 is 0.923 bits per heavy atom. The van der Waals surface area contributed by atoms with E-state index in [1.807, 2.05) is 66.7 Å². The highest BCUT2D eigenvalue weighted by Crippen LogP contribution is 2.21. The molecule has 1 aromatic heterocycles. The van der Waals surface area contributed by atoms with Crippen molar-refractivity contribution in [2.45, 2.75) is 19.1 Å². The molecule has 1 heterocycles. The van der Waals surface area contributed by atoms with Gasteiger partial charge in [-0.15, -0.1) is 0 Å². The number of aliphatic hydroxyl groups excluding tert-OH is 1. The summed E-state index contributed by atoms with van der Waals surface area (Å²) in [6, 6.07) is 19.9. The van der Waals surface area contributed by atoms with Crippen LogP contribution < -0.4 is 10.6 Å². The molecular formula is C21H21N3O2. The second-order valence-corrected chi connectivity index (χ2v) is 6.06. The Hall–Kier alpha value is -3.18. The summed E-state index contributed by atoms with van der Waals surface area (Å²) >= 11 is 0. The molecule has 3 N–H and O–H groups in total. The number of benzene rings is 2. The van der Waals surface area contributed by atoms with Gasteiger partial charge in [0.15, 0.2) is 0 Å². The van der Waals surface area contributed by atoms with Crippen molar-refractivity contribution in [3.63, 3.8) is 0 Å². The van der Waals surface area contributed by atoms with Crippen LogP contribution in [0.15, 0.2) is 79.1 Å². The molecule has 5 heteroatoms. The summed E-state index contributed by atoms with van der Waals surface area (Å²) in [5, 5.41) is 15.9. The minimum absolute atomic E-state index is 0.357. The maximum absolute atomic E-state index is 12.2. The molecule has 0 bridgehead atoms. The van der Waals surface area contributed by atoms with Gasteiger partial charge >= 0.3 is 6.03 Å². The lowest BCUT2D eigenvalue weighted by molar-refractivity contribution is 0.139. The fourth-order valence-corrected chi connectivity index (χ4v) is 2.68. The molecule has 0 radical (unpaired) electrons. The monoisotopic (exact) mass is 347 g/mol. The average Bonchev–Trinajstić information content (AvgIpc) is 2.69. The number of nitrogens with one attached hydrogen (secondary N) is 2. The van der Waals surface area contributed by atoms with Crippen molar-refractivity contribution in [3.05, 3.63) is 84.7 Å². The van der Waals surface area contributed by atoms with Gasteiger partial charge in [0.25, 0.3) is 0 Å². The van der Waals surface area contributed by atoms with Crippen LogP contribution in [0.5, 0.6) is 0 Å². The van der Waals surface area contributed by atoms with Crippen molar-refractivity contribution in [2.24, 2.45) is 0 Å². The lowest BCUT2D eigenvalue weighted by Gasteiger charge is -2.21. The van der Waals surface area contributed by atoms with Crippen molar-refractivity contribution < 1.29 is 9.90 Å². The second kappa shape index (κ2) is 8.27. The molecule has 132 valence electrons. The number of rotatable bonds is 5. The summed E-state index contributed by atoms with van der Waals surface area (Å²) < 4.78 is 0. The van der Waals surface area contributed by atoms with Gasteiger partial charge in [-0.2, -0.15) is 0 Å². The van der Waals surface area contributed by atoms with Gasteiger partial charge < -0.3 is 15.7 Å². The first-order valence-corrected chi connectivity index (χ1v) is 8.44. The number of hydrogen-bond donors (Lipinski definition) is 3. The quantitative estimate of drug-likeness (QED) is 0.653. The van der Waals surface area contributed by atoms with Crippen molar-refractivity contribution in [1.29, 1.82) is 0 Å². The number of anilines is 1. The molecule has 0 aliphatic carbocycles. The van der Waals surface area contributed by atoms with Crippen LogP contribution in [0, 0.1) is 0 Å². The van der Waals surface area contributed by atoms with E-state index in [1.165, 1.54) is 0 Å². The Morgan fingerprint density at radius 3 is 2.19 bits per heavy atom. The van der Waals surface area contributed by atoms with Crippen LogP contribution in [0.2, 0.25) is 0 Å². The zero-order chi connectivity index (χ0) is 18.4. The third kappa shape index (κ3) is 4.46. The highest BCUT2D eigenvalue weighted by molar-refractivity contribution is 5.89. The van der Waals surface area contributed by atoms with Gasteiger partial charge in [-0.3, -0.25) is 4.98 Å².